The van der Waals surface area contributed by atoms with Crippen LogP contribution in [-0.4, -0.2) is 97.1 Å². The molecule has 4 heterocycles. The summed E-state index contributed by atoms with van der Waals surface area (Å²) in [5, 5.41) is 4.90. The van der Waals surface area contributed by atoms with Gasteiger partial charge in [-0.15, -0.1) is 0 Å². The van der Waals surface area contributed by atoms with E-state index in [0.29, 0.717) is 24.7 Å². The van der Waals surface area contributed by atoms with Gasteiger partial charge in [-0.25, -0.2) is 45.9 Å². The Balaban J connectivity index is -0.000000671. The SMILES string of the molecule is CC(C)(C)OC(=O)NCC1=NC=CC1.CC(C)(C)OC(=O)NCc1nccn1CC(F)F.FC(F)CBr.NCC1=NC=CC1.NCc1nccn1CC(F)F.[Na+].[OH-]. The summed E-state index contributed by atoms with van der Waals surface area (Å²) < 4.78 is 82.3. The molecule has 0 saturated heterocycles. The molecule has 2 aliphatic heterocycles. The molecule has 320 valence electrons. The van der Waals surface area contributed by atoms with E-state index >= 15 is 0 Å². The number of alkyl carbamates (subject to hydrolysis) is 2. The van der Waals surface area contributed by atoms with E-state index in [9.17, 15) is 35.9 Å². The normalized spacial score (nSPS) is 12.5. The van der Waals surface area contributed by atoms with Crippen LogP contribution in [0.5, 0.6) is 0 Å². The van der Waals surface area contributed by atoms with Crippen LogP contribution >= 0.6 is 15.9 Å². The molecule has 0 spiro atoms. The summed E-state index contributed by atoms with van der Waals surface area (Å²) in [7, 11) is 0. The van der Waals surface area contributed by atoms with Gasteiger partial charge in [-0.3, -0.25) is 9.98 Å². The van der Waals surface area contributed by atoms with E-state index in [0.717, 1.165) is 24.3 Å². The van der Waals surface area contributed by atoms with E-state index in [2.05, 4.69) is 46.5 Å². The molecule has 57 heavy (non-hydrogen) atoms. The number of nitrogens with two attached hydrogens (primary N) is 2. The van der Waals surface area contributed by atoms with Gasteiger partial charge in [-0.1, -0.05) is 28.1 Å². The summed E-state index contributed by atoms with van der Waals surface area (Å²) >= 11 is 2.56. The Hall–Kier alpha value is -3.28. The molecule has 2 aromatic heterocycles. The molecular weight excluding hydrogens is 845 g/mol. The molecule has 0 bridgehead atoms. The van der Waals surface area contributed by atoms with Gasteiger partial charge in [-0.2, -0.15) is 0 Å². The first kappa shape index (κ1) is 58.0. The second-order valence-corrected chi connectivity index (χ2v) is 13.7. The molecule has 0 atom stereocenters. The number of hydrogen-bond donors (Lipinski definition) is 4. The molecule has 7 N–H and O–H groups in total. The maximum absolute atomic E-state index is 12.2. The number of hydrogen-bond acceptors (Lipinski definition) is 11. The van der Waals surface area contributed by atoms with Crippen molar-refractivity contribution in [1.82, 2.24) is 29.7 Å². The molecule has 4 rings (SSSR count). The third-order valence-electron chi connectivity index (χ3n) is 5.87. The number of amides is 2. The molecule has 0 aliphatic carbocycles. The standard InChI is InChI=1S/C11H17F2N3O2.C10H16N2O2.C6H9F2N3.C5H8N2.C2H3BrF2.Na.H2O/c1-11(2,3)18-10(17)15-6-9-14-4-5-16(9)7-8(12)13;1-10(2,3)14-9(13)12-7-8-5-4-6-11-8;7-5(8)4-11-2-1-10-6(11)3-9;6-4-5-2-1-3-7-5;3-1-2(4)5;;/h4-5,8H,6-7H2,1-3H3,(H,15,17);4,6H,5,7H2,1-3H3,(H,12,13);1-2,5H,3-4,9H2;1,3H,2,4,6H2;2H,1H2;;1H2/q;;;;;+1;/p-1. The van der Waals surface area contributed by atoms with Gasteiger partial charge in [0.25, 0.3) is 12.9 Å². The quantitative estimate of drug-likeness (QED) is 0.147. The predicted molar refractivity (Wildman–Crippen MR) is 205 cm³/mol. The van der Waals surface area contributed by atoms with Gasteiger partial charge >= 0.3 is 41.7 Å². The molecule has 2 aromatic rings. The fourth-order valence-corrected chi connectivity index (χ4v) is 3.67. The number of aromatic nitrogens is 4. The fraction of sp³-hybridized carbons (Fsp3) is 0.588. The molecule has 0 unspecified atom stereocenters. The molecule has 2 aliphatic rings. The molecule has 23 heteroatoms. The third-order valence-corrected chi connectivity index (χ3v) is 6.35. The van der Waals surface area contributed by atoms with Crippen LogP contribution in [-0.2, 0) is 35.7 Å². The van der Waals surface area contributed by atoms with E-state index < -0.39 is 49.2 Å². The maximum atomic E-state index is 12.2. The molecule has 0 fully saturated rings. The van der Waals surface area contributed by atoms with Gasteiger partial charge in [0.15, 0.2) is 0 Å². The Morgan fingerprint density at radius 3 is 1.47 bits per heavy atom. The summed E-state index contributed by atoms with van der Waals surface area (Å²) in [6.07, 6.45) is 7.06. The van der Waals surface area contributed by atoms with Crippen molar-refractivity contribution < 1.29 is 80.4 Å². The summed E-state index contributed by atoms with van der Waals surface area (Å²) in [6.45, 7) is 11.3. The Bertz CT molecular complexity index is 1510. The van der Waals surface area contributed by atoms with E-state index in [4.69, 9.17) is 20.9 Å². The number of alkyl halides is 7. The van der Waals surface area contributed by atoms with Crippen molar-refractivity contribution in [2.75, 3.05) is 18.4 Å². The Labute approximate surface area is 359 Å². The van der Waals surface area contributed by atoms with Gasteiger partial charge < -0.3 is 46.2 Å². The van der Waals surface area contributed by atoms with E-state index in [-0.39, 0.29) is 60.0 Å². The van der Waals surface area contributed by atoms with Gasteiger partial charge in [0, 0.05) is 68.0 Å². The number of nitrogens with zero attached hydrogens (tertiary/aromatic N) is 6. The van der Waals surface area contributed by atoms with Crippen LogP contribution in [0.15, 0.2) is 59.3 Å². The zero-order chi connectivity index (χ0) is 42.0. The minimum absolute atomic E-state index is 0. The largest absolute Gasteiger partial charge is 1.00 e. The van der Waals surface area contributed by atoms with E-state index in [1.54, 1.807) is 33.2 Å². The van der Waals surface area contributed by atoms with Crippen LogP contribution in [0.1, 0.15) is 66.0 Å². The summed E-state index contributed by atoms with van der Waals surface area (Å²) in [5.74, 6) is 0.853. The number of nitrogens with one attached hydrogen (secondary N) is 2. The molecule has 2 amide bonds. The molecule has 0 aromatic carbocycles. The number of allylic oxidation sites excluding steroid dienone is 2. The molecule has 15 nitrogen and oxygen atoms in total. The second kappa shape index (κ2) is 31.7. The summed E-state index contributed by atoms with van der Waals surface area (Å²) in [6, 6.07) is 0. The summed E-state index contributed by atoms with van der Waals surface area (Å²) in [4.78, 5) is 38.3. The molecular formula is C34H54BrF6N10NaO5. The first-order valence-electron chi connectivity index (χ1n) is 16.8. The maximum Gasteiger partial charge on any atom is 1.00 e. The number of rotatable bonds is 11. The zero-order valence-corrected chi connectivity index (χ0v) is 36.9. The number of imidazole rings is 2. The van der Waals surface area contributed by atoms with Gasteiger partial charge in [0.05, 0.1) is 38.1 Å². The van der Waals surface area contributed by atoms with Crippen molar-refractivity contribution in [3.05, 3.63) is 61.0 Å². The van der Waals surface area contributed by atoms with Crippen LogP contribution < -0.4 is 51.7 Å². The molecule has 0 radical (unpaired) electrons. The van der Waals surface area contributed by atoms with Gasteiger partial charge in [-0.05, 0) is 41.5 Å². The van der Waals surface area contributed by atoms with Crippen molar-refractivity contribution in [2.24, 2.45) is 21.5 Å². The van der Waals surface area contributed by atoms with Crippen LogP contribution in [0.25, 0.3) is 0 Å². The monoisotopic (exact) mass is 898 g/mol. The average Bonchev–Trinajstić information content (AvgIpc) is 3.91. The van der Waals surface area contributed by atoms with Crippen molar-refractivity contribution in [2.45, 2.75) is 111 Å². The Kier molecular flexibility index (Phi) is 32.3. The average molecular weight is 900 g/mol. The zero-order valence-electron chi connectivity index (χ0n) is 33.3. The number of ether oxygens (including phenoxy) is 2. The van der Waals surface area contributed by atoms with Crippen molar-refractivity contribution in [1.29, 1.82) is 0 Å². The number of halogens is 7. The van der Waals surface area contributed by atoms with Crippen LogP contribution in [0.2, 0.25) is 0 Å². The van der Waals surface area contributed by atoms with E-state index in [1.807, 2.05) is 32.9 Å². The predicted octanol–water partition coefficient (Wildman–Crippen LogP) is 3.43. The number of carbonyl (C=O) groups excluding carboxylic acids is 2. The van der Waals surface area contributed by atoms with Crippen LogP contribution in [0.3, 0.4) is 0 Å². The van der Waals surface area contributed by atoms with Crippen molar-refractivity contribution in [3.63, 3.8) is 0 Å². The fourth-order valence-electron chi connectivity index (χ4n) is 3.67. The number of carbonyl (C=O) groups is 2. The van der Waals surface area contributed by atoms with Crippen LogP contribution in [0.4, 0.5) is 35.9 Å². The first-order chi connectivity index (χ1) is 25.7. The van der Waals surface area contributed by atoms with Crippen molar-refractivity contribution >= 4 is 39.5 Å². The van der Waals surface area contributed by atoms with Crippen LogP contribution in [0, 0.1) is 0 Å². The molecule has 0 saturated carbocycles. The van der Waals surface area contributed by atoms with E-state index in [1.165, 1.54) is 33.9 Å². The summed E-state index contributed by atoms with van der Waals surface area (Å²) in [5.41, 5.74) is 11.5. The minimum Gasteiger partial charge on any atom is -0.870 e. The second-order valence-electron chi connectivity index (χ2n) is 13.0. The van der Waals surface area contributed by atoms with Gasteiger partial charge in [0.1, 0.15) is 22.9 Å². The smallest absolute Gasteiger partial charge is 0.870 e. The topological polar surface area (TPSA) is 219 Å². The van der Waals surface area contributed by atoms with Gasteiger partial charge in [0.2, 0.25) is 6.43 Å². The Morgan fingerprint density at radius 2 is 1.14 bits per heavy atom. The van der Waals surface area contributed by atoms with Crippen molar-refractivity contribution in [3.8, 4) is 0 Å². The first-order valence-corrected chi connectivity index (χ1v) is 18.0. The minimum atomic E-state index is -2.46. The number of aliphatic imine (C=N–C) groups is 2. The third kappa shape index (κ3) is 32.4. The Morgan fingerprint density at radius 1 is 0.737 bits per heavy atom.